The highest BCUT2D eigenvalue weighted by molar-refractivity contribution is 5.85. The number of hydrogen-bond acceptors (Lipinski definition) is 3. The summed E-state index contributed by atoms with van der Waals surface area (Å²) in [5, 5.41) is 6.28. The molecule has 0 saturated heterocycles. The molecular formula is C14H23ClF2N4O. The lowest BCUT2D eigenvalue weighted by Gasteiger charge is -2.32. The van der Waals surface area contributed by atoms with Crippen molar-refractivity contribution in [3.8, 4) is 0 Å². The highest BCUT2D eigenvalue weighted by Crippen LogP contribution is 2.30. The topological polar surface area (TPSA) is 72.9 Å². The molecule has 1 aromatic rings. The molecule has 2 unspecified atom stereocenters. The van der Waals surface area contributed by atoms with Crippen molar-refractivity contribution in [2.45, 2.75) is 51.1 Å². The third-order valence-corrected chi connectivity index (χ3v) is 4.13. The Morgan fingerprint density at radius 2 is 2.18 bits per heavy atom. The van der Waals surface area contributed by atoms with Gasteiger partial charge in [-0.2, -0.15) is 13.9 Å². The molecule has 1 amide bonds. The number of halogens is 3. The summed E-state index contributed by atoms with van der Waals surface area (Å²) in [5.74, 6) is -4.75. The first-order chi connectivity index (χ1) is 9.98. The van der Waals surface area contributed by atoms with Gasteiger partial charge in [0.25, 0.3) is 5.91 Å². The van der Waals surface area contributed by atoms with E-state index in [2.05, 4.69) is 10.4 Å². The van der Waals surface area contributed by atoms with Crippen LogP contribution in [0.3, 0.4) is 0 Å². The molecule has 3 N–H and O–H groups in total. The first kappa shape index (κ1) is 18.8. The minimum Gasteiger partial charge on any atom is -0.347 e. The van der Waals surface area contributed by atoms with Crippen molar-refractivity contribution in [1.82, 2.24) is 15.1 Å². The van der Waals surface area contributed by atoms with Crippen LogP contribution in [-0.4, -0.2) is 28.3 Å². The van der Waals surface area contributed by atoms with Crippen LogP contribution in [0.15, 0.2) is 12.4 Å². The smallest absolute Gasteiger partial charge is 0.347 e. The van der Waals surface area contributed by atoms with Gasteiger partial charge < -0.3 is 11.1 Å². The van der Waals surface area contributed by atoms with E-state index in [4.69, 9.17) is 5.73 Å². The van der Waals surface area contributed by atoms with Crippen molar-refractivity contribution in [3.63, 3.8) is 0 Å². The van der Waals surface area contributed by atoms with Gasteiger partial charge >= 0.3 is 5.92 Å². The molecule has 126 valence electrons. The zero-order valence-corrected chi connectivity index (χ0v) is 13.4. The summed E-state index contributed by atoms with van der Waals surface area (Å²) in [6, 6.07) is -0.261. The second-order valence-corrected chi connectivity index (χ2v) is 5.52. The number of carbonyl (C=O) groups is 1. The van der Waals surface area contributed by atoms with Crippen molar-refractivity contribution in [3.05, 3.63) is 18.0 Å². The van der Waals surface area contributed by atoms with E-state index in [-0.39, 0.29) is 29.9 Å². The molecule has 1 aliphatic carbocycles. The Bertz CT molecular complexity index is 495. The van der Waals surface area contributed by atoms with Crippen LogP contribution in [0.1, 0.15) is 38.2 Å². The average Bonchev–Trinajstić information content (AvgIpc) is 2.97. The molecule has 1 fully saturated rings. The SMILES string of the molecule is CCn1cc(C(F)(F)C(=O)NC2CCCCC2CN)cn1.Cl. The van der Waals surface area contributed by atoms with Gasteiger partial charge in [-0.3, -0.25) is 9.48 Å². The Kier molecular flexibility index (Phi) is 6.74. The molecule has 22 heavy (non-hydrogen) atoms. The molecule has 0 bridgehead atoms. The number of aromatic nitrogens is 2. The van der Waals surface area contributed by atoms with Gasteiger partial charge in [0.1, 0.15) is 0 Å². The van der Waals surface area contributed by atoms with Crippen LogP contribution < -0.4 is 11.1 Å². The molecule has 1 aromatic heterocycles. The maximum absolute atomic E-state index is 14.2. The van der Waals surface area contributed by atoms with Gasteiger partial charge in [0, 0.05) is 18.8 Å². The first-order valence-corrected chi connectivity index (χ1v) is 7.40. The first-order valence-electron chi connectivity index (χ1n) is 7.40. The van der Waals surface area contributed by atoms with E-state index in [1.54, 1.807) is 6.92 Å². The lowest BCUT2D eigenvalue weighted by atomic mass is 9.84. The van der Waals surface area contributed by atoms with Crippen LogP contribution in [0.25, 0.3) is 0 Å². The number of nitrogens with one attached hydrogen (secondary N) is 1. The van der Waals surface area contributed by atoms with Gasteiger partial charge in [0.05, 0.1) is 11.8 Å². The number of hydrogen-bond donors (Lipinski definition) is 2. The van der Waals surface area contributed by atoms with E-state index in [9.17, 15) is 13.6 Å². The van der Waals surface area contributed by atoms with Crippen molar-refractivity contribution >= 4 is 18.3 Å². The largest absolute Gasteiger partial charge is 0.352 e. The fourth-order valence-electron chi connectivity index (χ4n) is 2.77. The van der Waals surface area contributed by atoms with E-state index in [0.29, 0.717) is 19.5 Å². The number of rotatable bonds is 5. The summed E-state index contributed by atoms with van der Waals surface area (Å²) in [5.41, 5.74) is 5.29. The minimum atomic E-state index is -3.57. The minimum absolute atomic E-state index is 0. The molecule has 5 nitrogen and oxygen atoms in total. The van der Waals surface area contributed by atoms with E-state index in [0.717, 1.165) is 25.5 Å². The normalized spacial score (nSPS) is 22.0. The number of nitrogens with two attached hydrogens (primary N) is 1. The van der Waals surface area contributed by atoms with Crippen LogP contribution in [0.4, 0.5) is 8.78 Å². The third-order valence-electron chi connectivity index (χ3n) is 4.13. The lowest BCUT2D eigenvalue weighted by Crippen LogP contribution is -2.49. The Hall–Kier alpha value is -1.21. The summed E-state index contributed by atoms with van der Waals surface area (Å²) in [6.07, 6.45) is 5.80. The molecule has 0 aromatic carbocycles. The van der Waals surface area contributed by atoms with Crippen molar-refractivity contribution in [2.75, 3.05) is 6.54 Å². The van der Waals surface area contributed by atoms with E-state index < -0.39 is 11.8 Å². The van der Waals surface area contributed by atoms with Crippen LogP contribution in [0.5, 0.6) is 0 Å². The van der Waals surface area contributed by atoms with Crippen molar-refractivity contribution in [2.24, 2.45) is 11.7 Å². The van der Waals surface area contributed by atoms with Gasteiger partial charge in [-0.1, -0.05) is 12.8 Å². The maximum Gasteiger partial charge on any atom is 0.352 e. The second-order valence-electron chi connectivity index (χ2n) is 5.52. The Morgan fingerprint density at radius 3 is 2.77 bits per heavy atom. The molecule has 0 radical (unpaired) electrons. The summed E-state index contributed by atoms with van der Waals surface area (Å²) in [6.45, 7) is 2.68. The summed E-state index contributed by atoms with van der Waals surface area (Å²) < 4.78 is 29.8. The quantitative estimate of drug-likeness (QED) is 0.864. The Balaban J connectivity index is 0.00000242. The number of carbonyl (C=O) groups excluding carboxylic acids is 1. The monoisotopic (exact) mass is 336 g/mol. The van der Waals surface area contributed by atoms with Crippen LogP contribution in [0, 0.1) is 5.92 Å². The molecule has 1 aliphatic rings. The summed E-state index contributed by atoms with van der Waals surface area (Å²) in [7, 11) is 0. The van der Waals surface area contributed by atoms with E-state index in [1.165, 1.54) is 10.9 Å². The van der Waals surface area contributed by atoms with Gasteiger partial charge in [0.2, 0.25) is 0 Å². The molecule has 2 atom stereocenters. The van der Waals surface area contributed by atoms with Crippen molar-refractivity contribution in [1.29, 1.82) is 0 Å². The predicted octanol–water partition coefficient (Wildman–Crippen LogP) is 2.05. The number of aryl methyl sites for hydroxylation is 1. The molecular weight excluding hydrogens is 314 g/mol. The fraction of sp³-hybridized carbons (Fsp3) is 0.714. The number of amides is 1. The predicted molar refractivity (Wildman–Crippen MR) is 82.0 cm³/mol. The molecule has 0 aliphatic heterocycles. The lowest BCUT2D eigenvalue weighted by molar-refractivity contribution is -0.148. The molecule has 1 heterocycles. The molecule has 8 heteroatoms. The number of nitrogens with zero attached hydrogens (tertiary/aromatic N) is 2. The summed E-state index contributed by atoms with van der Waals surface area (Å²) in [4.78, 5) is 12.0. The second kappa shape index (κ2) is 7.87. The number of alkyl halides is 2. The highest BCUT2D eigenvalue weighted by atomic mass is 35.5. The molecule has 0 spiro atoms. The van der Waals surface area contributed by atoms with Crippen LogP contribution in [0.2, 0.25) is 0 Å². The van der Waals surface area contributed by atoms with E-state index >= 15 is 0 Å². The zero-order valence-electron chi connectivity index (χ0n) is 12.6. The fourth-order valence-corrected chi connectivity index (χ4v) is 2.77. The molecule has 2 rings (SSSR count). The van der Waals surface area contributed by atoms with Crippen molar-refractivity contribution < 1.29 is 13.6 Å². The third kappa shape index (κ3) is 3.95. The van der Waals surface area contributed by atoms with Gasteiger partial charge in [-0.05, 0) is 32.2 Å². The highest BCUT2D eigenvalue weighted by Gasteiger charge is 2.43. The zero-order chi connectivity index (χ0) is 15.5. The Morgan fingerprint density at radius 1 is 1.50 bits per heavy atom. The van der Waals surface area contributed by atoms with Gasteiger partial charge in [0.15, 0.2) is 0 Å². The van der Waals surface area contributed by atoms with E-state index in [1.807, 2.05) is 0 Å². The Labute approximate surface area is 135 Å². The standard InChI is InChI=1S/C14H22F2N4O.ClH/c1-2-20-9-11(8-18-20)14(15,16)13(21)19-12-6-4-3-5-10(12)7-17;/h8-10,12H,2-7,17H2,1H3,(H,19,21);1H. The average molecular weight is 337 g/mol. The summed E-state index contributed by atoms with van der Waals surface area (Å²) >= 11 is 0. The maximum atomic E-state index is 14.2. The van der Waals surface area contributed by atoms with Gasteiger partial charge in [-0.15, -0.1) is 12.4 Å². The molecule has 1 saturated carbocycles. The van der Waals surface area contributed by atoms with Crippen LogP contribution >= 0.6 is 12.4 Å². The van der Waals surface area contributed by atoms with Gasteiger partial charge in [-0.25, -0.2) is 0 Å². The van der Waals surface area contributed by atoms with Crippen LogP contribution in [-0.2, 0) is 17.3 Å².